The van der Waals surface area contributed by atoms with Gasteiger partial charge in [0, 0.05) is 47.8 Å². The number of ether oxygens (including phenoxy) is 2. The molecule has 1 saturated carbocycles. The smallest absolute Gasteiger partial charge is 0.197 e. The zero-order valence-corrected chi connectivity index (χ0v) is 20.5. The van der Waals surface area contributed by atoms with Crippen molar-refractivity contribution in [2.45, 2.75) is 51.0 Å². The fourth-order valence-electron chi connectivity index (χ4n) is 6.22. The molecule has 0 radical (unpaired) electrons. The number of aromatic amines is 1. The van der Waals surface area contributed by atoms with Gasteiger partial charge >= 0.3 is 0 Å². The summed E-state index contributed by atoms with van der Waals surface area (Å²) in [4.78, 5) is 17.1. The minimum absolute atomic E-state index is 0.516. The average Bonchev–Trinajstić information content (AvgIpc) is 3.51. The van der Waals surface area contributed by atoms with Gasteiger partial charge in [-0.05, 0) is 38.2 Å². The Balaban J connectivity index is 1.12. The fourth-order valence-corrected chi connectivity index (χ4v) is 7.38. The first-order valence-electron chi connectivity index (χ1n) is 12.4. The molecule has 0 amide bonds. The Kier molecular flexibility index (Phi) is 4.76. The van der Waals surface area contributed by atoms with Gasteiger partial charge in [0.1, 0.15) is 16.7 Å². The lowest BCUT2D eigenvalue weighted by Gasteiger charge is -2.58. The van der Waals surface area contributed by atoms with Crippen LogP contribution in [0.25, 0.3) is 27.3 Å². The van der Waals surface area contributed by atoms with Crippen LogP contribution >= 0.6 is 11.3 Å². The van der Waals surface area contributed by atoms with E-state index in [9.17, 15) is 0 Å². The molecule has 0 bridgehead atoms. The second-order valence-corrected chi connectivity index (χ2v) is 11.3. The van der Waals surface area contributed by atoms with Gasteiger partial charge in [0.15, 0.2) is 11.4 Å². The van der Waals surface area contributed by atoms with Crippen molar-refractivity contribution in [1.82, 2.24) is 29.5 Å². The first-order valence-corrected chi connectivity index (χ1v) is 13.2. The Morgan fingerprint density at radius 1 is 1.24 bits per heavy atom. The number of rotatable bonds is 5. The Hall–Kier alpha value is -2.49. The maximum atomic E-state index is 5.57. The van der Waals surface area contributed by atoms with Crippen LogP contribution < -0.4 is 4.74 Å². The van der Waals surface area contributed by atoms with E-state index in [-0.39, 0.29) is 0 Å². The van der Waals surface area contributed by atoms with Crippen molar-refractivity contribution in [2.75, 3.05) is 33.4 Å². The van der Waals surface area contributed by atoms with Gasteiger partial charge in [-0.15, -0.1) is 11.3 Å². The normalized spacial score (nSPS) is 24.5. The Morgan fingerprint density at radius 2 is 2.06 bits per heavy atom. The highest BCUT2D eigenvalue weighted by molar-refractivity contribution is 7.18. The van der Waals surface area contributed by atoms with Gasteiger partial charge in [-0.2, -0.15) is 5.10 Å². The summed E-state index contributed by atoms with van der Waals surface area (Å²) in [5.41, 5.74) is 5.79. The third kappa shape index (κ3) is 3.13. The van der Waals surface area contributed by atoms with Gasteiger partial charge in [0.2, 0.25) is 0 Å². The molecule has 3 fully saturated rings. The van der Waals surface area contributed by atoms with Crippen molar-refractivity contribution < 1.29 is 9.47 Å². The molecule has 4 aromatic rings. The monoisotopic (exact) mass is 478 g/mol. The quantitative estimate of drug-likeness (QED) is 0.462. The summed E-state index contributed by atoms with van der Waals surface area (Å²) < 4.78 is 12.8. The number of fused-ring (bicyclic) bond motifs is 2. The lowest BCUT2D eigenvalue weighted by Crippen LogP contribution is -2.68. The minimum Gasteiger partial charge on any atom is -0.493 e. The van der Waals surface area contributed by atoms with E-state index in [2.05, 4.69) is 26.9 Å². The van der Waals surface area contributed by atoms with Crippen molar-refractivity contribution in [3.05, 3.63) is 29.2 Å². The summed E-state index contributed by atoms with van der Waals surface area (Å²) in [6.07, 6.45) is 9.56. The molecule has 0 unspecified atom stereocenters. The predicted molar refractivity (Wildman–Crippen MR) is 132 cm³/mol. The molecule has 1 aliphatic carbocycles. The molecule has 4 aromatic heterocycles. The van der Waals surface area contributed by atoms with Crippen molar-refractivity contribution in [3.63, 3.8) is 0 Å². The third-order valence-corrected chi connectivity index (χ3v) is 9.26. The van der Waals surface area contributed by atoms with Crippen LogP contribution in [0, 0.1) is 5.41 Å². The molecular formula is C25H30N6O2S. The number of likely N-dealkylation sites (tertiary alicyclic amines) is 1. The average molecular weight is 479 g/mol. The molecule has 2 saturated heterocycles. The van der Waals surface area contributed by atoms with E-state index in [4.69, 9.17) is 14.5 Å². The number of nitrogens with one attached hydrogen (secondary N) is 1. The van der Waals surface area contributed by atoms with Crippen molar-refractivity contribution in [3.8, 4) is 17.0 Å². The highest BCUT2D eigenvalue weighted by Gasteiger charge is 2.50. The van der Waals surface area contributed by atoms with Gasteiger partial charge in [-0.1, -0.05) is 6.92 Å². The fraction of sp³-hybridized carbons (Fsp3) is 0.560. The van der Waals surface area contributed by atoms with Crippen LogP contribution in [0.15, 0.2) is 18.6 Å². The topological polar surface area (TPSA) is 80.6 Å². The first kappa shape index (κ1) is 20.8. The zero-order valence-electron chi connectivity index (χ0n) is 19.7. The zero-order chi connectivity index (χ0) is 22.9. The number of nitrogens with zero attached hydrogens (tertiary/aromatic N) is 5. The molecule has 7 rings (SSSR count). The maximum Gasteiger partial charge on any atom is 0.197 e. The second-order valence-electron chi connectivity index (χ2n) is 10.3. The van der Waals surface area contributed by atoms with Crippen molar-refractivity contribution in [1.29, 1.82) is 0 Å². The second kappa shape index (κ2) is 7.76. The number of aromatic nitrogens is 5. The summed E-state index contributed by atoms with van der Waals surface area (Å²) in [5.74, 6) is 1.31. The number of H-pyrrole nitrogens is 1. The van der Waals surface area contributed by atoms with Crippen LogP contribution in [0.3, 0.4) is 0 Å². The molecule has 9 heteroatoms. The number of hydrogen-bond donors (Lipinski definition) is 1. The minimum atomic E-state index is 0.516. The van der Waals surface area contributed by atoms with E-state index in [1.807, 2.05) is 23.6 Å². The number of thiazole rings is 1. The van der Waals surface area contributed by atoms with Crippen molar-refractivity contribution in [2.24, 2.45) is 5.41 Å². The molecule has 34 heavy (non-hydrogen) atoms. The Morgan fingerprint density at radius 3 is 2.76 bits per heavy atom. The first-order chi connectivity index (χ1) is 16.7. The maximum absolute atomic E-state index is 5.57. The van der Waals surface area contributed by atoms with Crippen LogP contribution in [0.4, 0.5) is 0 Å². The molecule has 3 aliphatic rings. The van der Waals surface area contributed by atoms with Crippen molar-refractivity contribution >= 4 is 27.3 Å². The third-order valence-electron chi connectivity index (χ3n) is 8.13. The van der Waals surface area contributed by atoms with Gasteiger partial charge in [0.05, 0.1) is 31.0 Å². The summed E-state index contributed by atoms with van der Waals surface area (Å²) in [6, 6.07) is 2.79. The summed E-state index contributed by atoms with van der Waals surface area (Å²) in [6.45, 7) is 6.65. The van der Waals surface area contributed by atoms with E-state index < -0.39 is 0 Å². The molecular weight excluding hydrogens is 448 g/mol. The number of aryl methyl sites for hydroxylation is 1. The Bertz CT molecular complexity index is 1350. The lowest BCUT2D eigenvalue weighted by atomic mass is 9.75. The van der Waals surface area contributed by atoms with Gasteiger partial charge in [-0.25, -0.2) is 14.5 Å². The standard InChI is InChI=1S/C25H30N6O2S/c1-3-18-20(16-8-19(32-2)22-26-14-27-31(22)9-16)28-24-21(18)29-23(34-24)15-4-6-17(7-5-15)30-10-25(11-30)12-33-13-25/h8-9,14-15,17,28H,3-7,10-13H2,1-2H3. The van der Waals surface area contributed by atoms with E-state index in [1.54, 1.807) is 18.0 Å². The van der Waals surface area contributed by atoms with Crippen LogP contribution in [0.5, 0.6) is 5.75 Å². The predicted octanol–water partition coefficient (Wildman–Crippen LogP) is 4.26. The highest BCUT2D eigenvalue weighted by atomic mass is 32.1. The molecule has 0 aromatic carbocycles. The lowest BCUT2D eigenvalue weighted by molar-refractivity contribution is -0.200. The molecule has 6 heterocycles. The van der Waals surface area contributed by atoms with E-state index in [0.717, 1.165) is 53.8 Å². The molecule has 8 nitrogen and oxygen atoms in total. The van der Waals surface area contributed by atoms with Crippen LogP contribution in [-0.4, -0.2) is 68.9 Å². The van der Waals surface area contributed by atoms with E-state index >= 15 is 0 Å². The van der Waals surface area contributed by atoms with Crippen LogP contribution in [-0.2, 0) is 11.2 Å². The largest absolute Gasteiger partial charge is 0.493 e. The molecule has 0 atom stereocenters. The number of methoxy groups -OCH3 is 1. The molecule has 1 spiro atoms. The highest BCUT2D eigenvalue weighted by Crippen LogP contribution is 2.45. The summed E-state index contributed by atoms with van der Waals surface area (Å²) in [7, 11) is 1.67. The molecule has 2 aliphatic heterocycles. The number of hydrogen-bond acceptors (Lipinski definition) is 7. The van der Waals surface area contributed by atoms with Gasteiger partial charge in [0.25, 0.3) is 0 Å². The van der Waals surface area contributed by atoms with Crippen LogP contribution in [0.1, 0.15) is 49.1 Å². The van der Waals surface area contributed by atoms with E-state index in [1.165, 1.54) is 54.2 Å². The van der Waals surface area contributed by atoms with Crippen LogP contribution in [0.2, 0.25) is 0 Å². The Labute approximate surface area is 202 Å². The molecule has 178 valence electrons. The molecule has 1 N–H and O–H groups in total. The summed E-state index contributed by atoms with van der Waals surface area (Å²) >= 11 is 1.84. The van der Waals surface area contributed by atoms with E-state index in [0.29, 0.717) is 11.3 Å². The SMILES string of the molecule is CCc1c(-c2cc(OC)c3ncnn3c2)[nH]c2sc(C3CCC(N4CC5(COC5)C4)CC3)nc12. The van der Waals surface area contributed by atoms with Gasteiger partial charge < -0.3 is 14.5 Å². The number of pyridine rings is 1. The van der Waals surface area contributed by atoms with Gasteiger partial charge in [-0.3, -0.25) is 4.90 Å². The summed E-state index contributed by atoms with van der Waals surface area (Å²) in [5, 5.41) is 5.62.